The summed E-state index contributed by atoms with van der Waals surface area (Å²) >= 11 is 1.53. The van der Waals surface area contributed by atoms with Gasteiger partial charge in [0.15, 0.2) is 0 Å². The number of rotatable bonds is 4. The molecule has 0 saturated heterocycles. The average molecular weight is 149 g/mol. The first-order valence-corrected chi connectivity index (χ1v) is 3.84. The fraction of sp³-hybridized carbons (Fsp3) is 0.800. The van der Waals surface area contributed by atoms with Crippen molar-refractivity contribution in [2.75, 3.05) is 20.0 Å². The third-order valence-electron chi connectivity index (χ3n) is 0.815. The molecule has 4 heteroatoms. The summed E-state index contributed by atoms with van der Waals surface area (Å²) in [5.41, 5.74) is 0. The van der Waals surface area contributed by atoms with Crippen molar-refractivity contribution in [2.45, 2.75) is 5.25 Å². The number of oxime groups is 1. The van der Waals surface area contributed by atoms with Crippen LogP contribution < -0.4 is 0 Å². The number of hydrogen-bond donors (Lipinski definition) is 1. The van der Waals surface area contributed by atoms with Gasteiger partial charge in [0.2, 0.25) is 0 Å². The van der Waals surface area contributed by atoms with Crippen LogP contribution in [0.25, 0.3) is 0 Å². The number of nitrogens with zero attached hydrogens (tertiary/aromatic N) is 1. The van der Waals surface area contributed by atoms with Crippen LogP contribution in [0.15, 0.2) is 5.16 Å². The van der Waals surface area contributed by atoms with Crippen molar-refractivity contribution in [3.8, 4) is 0 Å². The van der Waals surface area contributed by atoms with Gasteiger partial charge >= 0.3 is 0 Å². The fourth-order valence-electron chi connectivity index (χ4n) is 0.311. The average Bonchev–Trinajstić information content (AvgIpc) is 1.91. The maximum absolute atomic E-state index is 8.59. The zero-order valence-electron chi connectivity index (χ0n) is 5.57. The van der Waals surface area contributed by atoms with E-state index in [1.165, 1.54) is 18.9 Å². The van der Waals surface area contributed by atoms with Gasteiger partial charge in [0.1, 0.15) is 7.11 Å². The monoisotopic (exact) mass is 149 g/mol. The number of aliphatic hydroxyl groups is 1. The highest BCUT2D eigenvalue weighted by Gasteiger charge is 1.98. The minimum absolute atomic E-state index is 0.0601. The molecule has 9 heavy (non-hydrogen) atoms. The van der Waals surface area contributed by atoms with Crippen LogP contribution in [0, 0.1) is 0 Å². The van der Waals surface area contributed by atoms with Crippen LogP contribution in [-0.4, -0.2) is 36.5 Å². The van der Waals surface area contributed by atoms with Gasteiger partial charge in [-0.1, -0.05) is 5.16 Å². The zero-order valence-corrected chi connectivity index (χ0v) is 6.39. The van der Waals surface area contributed by atoms with Gasteiger partial charge in [-0.2, -0.15) is 11.8 Å². The molecule has 0 rings (SSSR count). The van der Waals surface area contributed by atoms with Gasteiger partial charge in [0.05, 0.1) is 18.1 Å². The second-order valence-corrected chi connectivity index (χ2v) is 2.47. The minimum Gasteiger partial charge on any atom is -0.399 e. The van der Waals surface area contributed by atoms with Crippen molar-refractivity contribution in [2.24, 2.45) is 5.16 Å². The highest BCUT2D eigenvalue weighted by Crippen LogP contribution is 2.01. The lowest BCUT2D eigenvalue weighted by Crippen LogP contribution is -2.08. The minimum atomic E-state index is 0.0601. The molecule has 0 saturated carbocycles. The number of aliphatic hydroxyl groups excluding tert-OH is 1. The van der Waals surface area contributed by atoms with Crippen molar-refractivity contribution in [3.05, 3.63) is 0 Å². The summed E-state index contributed by atoms with van der Waals surface area (Å²) in [5.74, 6) is 0. The van der Waals surface area contributed by atoms with Crippen LogP contribution in [0.1, 0.15) is 0 Å². The van der Waals surface area contributed by atoms with E-state index < -0.39 is 0 Å². The molecule has 1 N–H and O–H groups in total. The Morgan fingerprint density at radius 1 is 1.89 bits per heavy atom. The smallest absolute Gasteiger partial charge is 0.106 e. The second-order valence-electron chi connectivity index (χ2n) is 1.39. The summed E-state index contributed by atoms with van der Waals surface area (Å²) in [7, 11) is 1.48. The van der Waals surface area contributed by atoms with Gasteiger partial charge < -0.3 is 9.94 Å². The van der Waals surface area contributed by atoms with Crippen LogP contribution in [0.4, 0.5) is 0 Å². The molecule has 0 radical (unpaired) electrons. The molecule has 0 bridgehead atoms. The van der Waals surface area contributed by atoms with Crippen molar-refractivity contribution >= 4 is 18.0 Å². The van der Waals surface area contributed by atoms with Crippen molar-refractivity contribution in [3.63, 3.8) is 0 Å². The first-order valence-electron chi connectivity index (χ1n) is 2.55. The Labute approximate surface area is 59.1 Å². The molecule has 3 nitrogen and oxygen atoms in total. The molecule has 0 aliphatic carbocycles. The molecule has 0 fully saturated rings. The van der Waals surface area contributed by atoms with Gasteiger partial charge in [-0.25, -0.2) is 0 Å². The van der Waals surface area contributed by atoms with E-state index in [9.17, 15) is 0 Å². The Balaban J connectivity index is 3.41. The molecular weight excluding hydrogens is 138 g/mol. The second kappa shape index (κ2) is 5.91. The van der Waals surface area contributed by atoms with Crippen LogP contribution in [0.3, 0.4) is 0 Å². The third kappa shape index (κ3) is 4.29. The van der Waals surface area contributed by atoms with E-state index in [-0.39, 0.29) is 11.9 Å². The topological polar surface area (TPSA) is 41.8 Å². The van der Waals surface area contributed by atoms with Crippen molar-refractivity contribution in [1.29, 1.82) is 0 Å². The zero-order chi connectivity index (χ0) is 7.11. The fourth-order valence-corrected chi connectivity index (χ4v) is 0.632. The van der Waals surface area contributed by atoms with Gasteiger partial charge in [-0.05, 0) is 6.26 Å². The van der Waals surface area contributed by atoms with E-state index in [0.29, 0.717) is 0 Å². The lowest BCUT2D eigenvalue weighted by molar-refractivity contribution is 0.213. The molecule has 0 aromatic heterocycles. The van der Waals surface area contributed by atoms with E-state index >= 15 is 0 Å². The molecule has 1 unspecified atom stereocenters. The molecule has 0 aromatic carbocycles. The van der Waals surface area contributed by atoms with Crippen molar-refractivity contribution in [1.82, 2.24) is 0 Å². The number of thioether (sulfide) groups is 1. The number of hydrogen-bond acceptors (Lipinski definition) is 4. The van der Waals surface area contributed by atoms with E-state index in [1.807, 2.05) is 6.26 Å². The third-order valence-corrected chi connectivity index (χ3v) is 1.69. The van der Waals surface area contributed by atoms with Gasteiger partial charge in [0, 0.05) is 0 Å². The maximum Gasteiger partial charge on any atom is 0.106 e. The van der Waals surface area contributed by atoms with Gasteiger partial charge in [-0.3, -0.25) is 0 Å². The molecule has 0 aliphatic rings. The van der Waals surface area contributed by atoms with E-state index in [2.05, 4.69) is 9.99 Å². The summed E-state index contributed by atoms with van der Waals surface area (Å²) in [4.78, 5) is 4.42. The largest absolute Gasteiger partial charge is 0.399 e. The lowest BCUT2D eigenvalue weighted by atomic mass is 10.5. The quantitative estimate of drug-likeness (QED) is 0.463. The van der Waals surface area contributed by atoms with Gasteiger partial charge in [-0.15, -0.1) is 0 Å². The predicted molar refractivity (Wildman–Crippen MR) is 39.9 cm³/mol. The molecule has 1 atom stereocenters. The molecule has 0 aliphatic heterocycles. The highest BCUT2D eigenvalue weighted by molar-refractivity contribution is 7.99. The molecule has 0 spiro atoms. The first-order chi connectivity index (χ1) is 4.35. The SMILES string of the molecule is CO/N=C/C(CO)SC. The van der Waals surface area contributed by atoms with Crippen molar-refractivity contribution < 1.29 is 9.94 Å². The Morgan fingerprint density at radius 2 is 2.56 bits per heavy atom. The summed E-state index contributed by atoms with van der Waals surface area (Å²) in [6, 6.07) is 0. The van der Waals surface area contributed by atoms with Crippen LogP contribution in [0.5, 0.6) is 0 Å². The highest BCUT2D eigenvalue weighted by atomic mass is 32.2. The van der Waals surface area contributed by atoms with Crippen LogP contribution in [-0.2, 0) is 4.84 Å². The standard InChI is InChI=1S/C5H11NO2S/c1-8-6-3-5(4-7)9-2/h3,5,7H,4H2,1-2H3/b6-3+. The molecule has 0 aromatic rings. The summed E-state index contributed by atoms with van der Waals surface area (Å²) < 4.78 is 0. The van der Waals surface area contributed by atoms with Crippen LogP contribution >= 0.6 is 11.8 Å². The molecule has 0 amide bonds. The summed E-state index contributed by atoms with van der Waals surface area (Å²) in [6.45, 7) is 0.105. The van der Waals surface area contributed by atoms with E-state index in [0.717, 1.165) is 0 Å². The Bertz CT molecular complexity index is 83.0. The molecular formula is C5H11NO2S. The maximum atomic E-state index is 8.59. The molecule has 0 heterocycles. The van der Waals surface area contributed by atoms with Crippen LogP contribution in [0.2, 0.25) is 0 Å². The van der Waals surface area contributed by atoms with Gasteiger partial charge in [0.25, 0.3) is 0 Å². The lowest BCUT2D eigenvalue weighted by Gasteiger charge is -2.00. The summed E-state index contributed by atoms with van der Waals surface area (Å²) in [6.07, 6.45) is 3.48. The Kier molecular flexibility index (Phi) is 5.76. The Morgan fingerprint density at radius 3 is 2.89 bits per heavy atom. The van der Waals surface area contributed by atoms with E-state index in [1.54, 1.807) is 6.21 Å². The molecule has 54 valence electrons. The summed E-state index contributed by atoms with van der Waals surface area (Å²) in [5, 5.41) is 12.2. The van der Waals surface area contributed by atoms with E-state index in [4.69, 9.17) is 5.11 Å². The normalized spacial score (nSPS) is 14.1. The predicted octanol–water partition coefficient (Wildman–Crippen LogP) is 0.343. The Hall–Kier alpha value is -0.220. The first kappa shape index (κ1) is 8.78.